The lowest BCUT2D eigenvalue weighted by atomic mass is 10.0. The van der Waals surface area contributed by atoms with E-state index in [2.05, 4.69) is 4.98 Å². The number of benzene rings is 3. The van der Waals surface area contributed by atoms with Crippen molar-refractivity contribution in [3.63, 3.8) is 0 Å². The summed E-state index contributed by atoms with van der Waals surface area (Å²) in [6.07, 6.45) is 0.737. The predicted molar refractivity (Wildman–Crippen MR) is 122 cm³/mol. The number of nitrogens with zero attached hydrogens (tertiary/aromatic N) is 1. The molecular weight excluding hydrogens is 410 g/mol. The summed E-state index contributed by atoms with van der Waals surface area (Å²) < 4.78 is 11.9. The van der Waals surface area contributed by atoms with Gasteiger partial charge in [-0.1, -0.05) is 78.3 Å². The van der Waals surface area contributed by atoms with Crippen molar-refractivity contribution in [3.05, 3.63) is 113 Å². The van der Waals surface area contributed by atoms with Gasteiger partial charge in [-0.2, -0.15) is 4.98 Å². The van der Waals surface area contributed by atoms with Crippen molar-refractivity contribution in [3.8, 4) is 22.9 Å². The van der Waals surface area contributed by atoms with E-state index in [1.807, 2.05) is 72.8 Å². The fourth-order valence-corrected chi connectivity index (χ4v) is 3.25. The molecule has 0 aliphatic carbocycles. The van der Waals surface area contributed by atoms with E-state index < -0.39 is 0 Å². The number of pyridine rings is 1. The van der Waals surface area contributed by atoms with Gasteiger partial charge in [0.05, 0.1) is 5.02 Å². The van der Waals surface area contributed by atoms with Crippen molar-refractivity contribution in [2.24, 2.45) is 0 Å². The van der Waals surface area contributed by atoms with Crippen LogP contribution in [0.4, 0.5) is 0 Å². The zero-order valence-corrected chi connectivity index (χ0v) is 17.5. The van der Waals surface area contributed by atoms with E-state index in [0.29, 0.717) is 35.6 Å². The van der Waals surface area contributed by atoms with Gasteiger partial charge >= 0.3 is 0 Å². The Bertz CT molecular complexity index is 1160. The molecule has 0 atom stereocenters. The quantitative estimate of drug-likeness (QED) is 0.305. The maximum absolute atomic E-state index is 11.3. The number of halogens is 1. The Balaban J connectivity index is 1.63. The lowest BCUT2D eigenvalue weighted by Gasteiger charge is -2.14. The van der Waals surface area contributed by atoms with Gasteiger partial charge in [-0.15, -0.1) is 0 Å². The third-order valence-electron chi connectivity index (χ3n) is 4.72. The summed E-state index contributed by atoms with van der Waals surface area (Å²) in [4.78, 5) is 15.9. The summed E-state index contributed by atoms with van der Waals surface area (Å²) in [7, 11) is 0. The van der Waals surface area contributed by atoms with Crippen molar-refractivity contribution >= 4 is 17.9 Å². The second-order valence-electron chi connectivity index (χ2n) is 6.90. The van der Waals surface area contributed by atoms with Gasteiger partial charge in [0, 0.05) is 17.2 Å². The molecule has 0 fully saturated rings. The van der Waals surface area contributed by atoms with Gasteiger partial charge in [0.25, 0.3) is 0 Å². The number of aldehydes is 1. The van der Waals surface area contributed by atoms with Crippen LogP contribution in [0.1, 0.15) is 21.5 Å². The highest BCUT2D eigenvalue weighted by atomic mass is 35.5. The monoisotopic (exact) mass is 429 g/mol. The van der Waals surface area contributed by atoms with Gasteiger partial charge in [-0.3, -0.25) is 4.79 Å². The smallest absolute Gasteiger partial charge is 0.225 e. The van der Waals surface area contributed by atoms with Gasteiger partial charge in [0.2, 0.25) is 11.8 Å². The number of hydrogen-bond donors (Lipinski definition) is 0. The third-order valence-corrected chi connectivity index (χ3v) is 5.06. The largest absolute Gasteiger partial charge is 0.473 e. The molecule has 3 aromatic carbocycles. The van der Waals surface area contributed by atoms with Crippen molar-refractivity contribution in [1.82, 2.24) is 4.98 Å². The first-order valence-electron chi connectivity index (χ1n) is 9.82. The molecule has 154 valence electrons. The zero-order valence-electron chi connectivity index (χ0n) is 16.7. The average molecular weight is 430 g/mol. The van der Waals surface area contributed by atoms with Crippen LogP contribution in [-0.2, 0) is 13.2 Å². The van der Waals surface area contributed by atoms with Crippen LogP contribution >= 0.6 is 11.6 Å². The first-order chi connectivity index (χ1) is 15.2. The fraction of sp³-hybridized carbons (Fsp3) is 0.0769. The summed E-state index contributed by atoms with van der Waals surface area (Å²) in [6.45, 7) is 0.763. The second-order valence-corrected chi connectivity index (χ2v) is 7.31. The molecule has 0 bridgehead atoms. The summed E-state index contributed by atoms with van der Waals surface area (Å²) in [6, 6.07) is 28.7. The Kier molecular flexibility index (Phi) is 6.60. The molecule has 4 rings (SSSR count). The normalized spacial score (nSPS) is 10.5. The molecule has 4 aromatic rings. The van der Waals surface area contributed by atoms with Gasteiger partial charge in [-0.25, -0.2) is 0 Å². The van der Waals surface area contributed by atoms with Crippen LogP contribution in [0.5, 0.6) is 11.8 Å². The van der Waals surface area contributed by atoms with Crippen LogP contribution in [0.3, 0.4) is 0 Å². The lowest BCUT2D eigenvalue weighted by molar-refractivity contribution is 0.112. The van der Waals surface area contributed by atoms with Gasteiger partial charge in [0.1, 0.15) is 13.2 Å². The highest BCUT2D eigenvalue weighted by Gasteiger charge is 2.13. The standard InChI is InChI=1S/C26H20ClNO3/c27-24-13-11-21(15-22(24)16-29)23-12-14-25(30-17-19-7-3-1-4-8-19)28-26(23)31-18-20-9-5-2-6-10-20/h1-16H,17-18H2. The van der Waals surface area contributed by atoms with Crippen LogP contribution in [0, 0.1) is 0 Å². The molecule has 0 saturated carbocycles. The van der Waals surface area contributed by atoms with E-state index >= 15 is 0 Å². The van der Waals surface area contributed by atoms with Crippen molar-refractivity contribution in [1.29, 1.82) is 0 Å². The van der Waals surface area contributed by atoms with Crippen LogP contribution in [0.2, 0.25) is 5.02 Å². The fourth-order valence-electron chi connectivity index (χ4n) is 3.09. The highest BCUT2D eigenvalue weighted by molar-refractivity contribution is 6.33. The van der Waals surface area contributed by atoms with E-state index in [1.165, 1.54) is 0 Å². The summed E-state index contributed by atoms with van der Waals surface area (Å²) in [5, 5.41) is 0.404. The molecule has 4 nitrogen and oxygen atoms in total. The Morgan fingerprint density at radius 3 is 2.06 bits per heavy atom. The molecule has 0 aliphatic rings. The SMILES string of the molecule is O=Cc1cc(-c2ccc(OCc3ccccc3)nc2OCc2ccccc2)ccc1Cl. The van der Waals surface area contributed by atoms with E-state index in [4.69, 9.17) is 21.1 Å². The number of hydrogen-bond acceptors (Lipinski definition) is 4. The van der Waals surface area contributed by atoms with Gasteiger partial charge in [0.15, 0.2) is 6.29 Å². The minimum absolute atomic E-state index is 0.358. The first kappa shape index (κ1) is 20.6. The van der Waals surface area contributed by atoms with Crippen LogP contribution in [-0.4, -0.2) is 11.3 Å². The molecule has 0 aliphatic heterocycles. The van der Waals surface area contributed by atoms with E-state index in [0.717, 1.165) is 28.5 Å². The zero-order chi connectivity index (χ0) is 21.5. The highest BCUT2D eigenvalue weighted by Crippen LogP contribution is 2.33. The number of aromatic nitrogens is 1. The topological polar surface area (TPSA) is 48.4 Å². The molecule has 1 aromatic heterocycles. The number of rotatable bonds is 8. The second kappa shape index (κ2) is 9.92. The molecule has 0 spiro atoms. The van der Waals surface area contributed by atoms with E-state index in [1.54, 1.807) is 18.2 Å². The maximum Gasteiger partial charge on any atom is 0.225 e. The van der Waals surface area contributed by atoms with Crippen molar-refractivity contribution in [2.75, 3.05) is 0 Å². The molecule has 1 heterocycles. The van der Waals surface area contributed by atoms with Crippen LogP contribution in [0.25, 0.3) is 11.1 Å². The van der Waals surface area contributed by atoms with Crippen molar-refractivity contribution in [2.45, 2.75) is 13.2 Å². The Labute approximate surface area is 186 Å². The molecule has 0 unspecified atom stereocenters. The summed E-state index contributed by atoms with van der Waals surface area (Å²) >= 11 is 6.09. The van der Waals surface area contributed by atoms with Gasteiger partial charge in [-0.05, 0) is 34.9 Å². The molecule has 0 saturated heterocycles. The lowest BCUT2D eigenvalue weighted by Crippen LogP contribution is -2.02. The van der Waals surface area contributed by atoms with Crippen LogP contribution < -0.4 is 9.47 Å². The van der Waals surface area contributed by atoms with Gasteiger partial charge < -0.3 is 9.47 Å². The number of carbonyl (C=O) groups is 1. The number of ether oxygens (including phenoxy) is 2. The Morgan fingerprint density at radius 1 is 0.774 bits per heavy atom. The van der Waals surface area contributed by atoms with Crippen molar-refractivity contribution < 1.29 is 14.3 Å². The minimum Gasteiger partial charge on any atom is -0.473 e. The third kappa shape index (κ3) is 5.30. The molecule has 0 N–H and O–H groups in total. The Hall–Kier alpha value is -3.63. The summed E-state index contributed by atoms with van der Waals surface area (Å²) in [5.41, 5.74) is 4.03. The molecule has 0 amide bonds. The minimum atomic E-state index is 0.358. The van der Waals surface area contributed by atoms with E-state index in [-0.39, 0.29) is 0 Å². The number of carbonyl (C=O) groups excluding carboxylic acids is 1. The molecule has 31 heavy (non-hydrogen) atoms. The molecular formula is C26H20ClNO3. The first-order valence-corrected chi connectivity index (χ1v) is 10.2. The Morgan fingerprint density at radius 2 is 1.42 bits per heavy atom. The molecule has 5 heteroatoms. The predicted octanol–water partition coefficient (Wildman–Crippen LogP) is 6.37. The maximum atomic E-state index is 11.3. The van der Waals surface area contributed by atoms with Crippen LogP contribution in [0.15, 0.2) is 91.0 Å². The van der Waals surface area contributed by atoms with E-state index in [9.17, 15) is 4.79 Å². The summed E-state index contributed by atoms with van der Waals surface area (Å²) in [5.74, 6) is 0.883. The molecule has 0 radical (unpaired) electrons. The average Bonchev–Trinajstić information content (AvgIpc) is 2.83.